The van der Waals surface area contributed by atoms with Gasteiger partial charge in [-0.05, 0) is 70.6 Å². The van der Waals surface area contributed by atoms with E-state index >= 15 is 0 Å². The molecule has 2 fully saturated rings. The Morgan fingerprint density at radius 3 is 2.62 bits per heavy atom. The lowest BCUT2D eigenvalue weighted by molar-refractivity contribution is 0.0859. The highest BCUT2D eigenvalue weighted by Crippen LogP contribution is 2.33. The Bertz CT molecular complexity index is 292. The molecule has 1 N–H and O–H groups in total. The Hall–Kier alpha value is -0.120. The molecule has 0 amide bonds. The van der Waals surface area contributed by atoms with Gasteiger partial charge in [0.1, 0.15) is 0 Å². The summed E-state index contributed by atoms with van der Waals surface area (Å²) in [5.41, 5.74) is 0. The standard InChI is InChI=1S/C18H37N3/c1-5-9-19-17-8-7-16(15(2)3)14-18(17)21-11-6-10-20(4)12-13-21/h15-19H,5-14H2,1-4H3. The fraction of sp³-hybridized carbons (Fsp3) is 1.00. The number of nitrogens with zero attached hydrogens (tertiary/aromatic N) is 2. The maximum atomic E-state index is 3.85. The number of hydrogen-bond acceptors (Lipinski definition) is 3. The molecule has 3 unspecified atom stereocenters. The molecular weight excluding hydrogens is 258 g/mol. The van der Waals surface area contributed by atoms with Gasteiger partial charge in [-0.3, -0.25) is 4.90 Å². The molecule has 3 atom stereocenters. The lowest BCUT2D eigenvalue weighted by Gasteiger charge is -2.44. The van der Waals surface area contributed by atoms with Crippen LogP contribution < -0.4 is 5.32 Å². The summed E-state index contributed by atoms with van der Waals surface area (Å²) < 4.78 is 0. The average molecular weight is 296 g/mol. The Labute approximate surface area is 132 Å². The highest BCUT2D eigenvalue weighted by Gasteiger charge is 2.35. The van der Waals surface area contributed by atoms with Gasteiger partial charge in [-0.25, -0.2) is 0 Å². The second kappa shape index (κ2) is 8.50. The zero-order chi connectivity index (χ0) is 15.2. The van der Waals surface area contributed by atoms with Gasteiger partial charge in [0, 0.05) is 25.2 Å². The van der Waals surface area contributed by atoms with E-state index in [0.29, 0.717) is 0 Å². The SMILES string of the molecule is CCCNC1CCC(C(C)C)CC1N1CCCN(C)CC1. The molecule has 3 nitrogen and oxygen atoms in total. The predicted molar refractivity (Wildman–Crippen MR) is 91.7 cm³/mol. The third-order valence-electron chi connectivity index (χ3n) is 5.68. The van der Waals surface area contributed by atoms with Crippen LogP contribution in [-0.2, 0) is 0 Å². The molecule has 21 heavy (non-hydrogen) atoms. The third kappa shape index (κ3) is 4.94. The van der Waals surface area contributed by atoms with Gasteiger partial charge in [0.15, 0.2) is 0 Å². The van der Waals surface area contributed by atoms with Crippen LogP contribution >= 0.6 is 0 Å². The van der Waals surface area contributed by atoms with Crippen molar-refractivity contribution in [2.24, 2.45) is 11.8 Å². The molecule has 1 saturated carbocycles. The topological polar surface area (TPSA) is 18.5 Å². The molecule has 0 radical (unpaired) electrons. The van der Waals surface area contributed by atoms with Crippen molar-refractivity contribution in [3.8, 4) is 0 Å². The quantitative estimate of drug-likeness (QED) is 0.841. The van der Waals surface area contributed by atoms with Crippen LogP contribution in [0, 0.1) is 11.8 Å². The highest BCUT2D eigenvalue weighted by atomic mass is 15.2. The summed E-state index contributed by atoms with van der Waals surface area (Å²) in [6.45, 7) is 13.4. The normalized spacial score (nSPS) is 33.3. The first-order valence-corrected chi connectivity index (χ1v) is 9.27. The Kier molecular flexibility index (Phi) is 6.97. The van der Waals surface area contributed by atoms with Crippen molar-refractivity contribution in [1.82, 2.24) is 15.1 Å². The fourth-order valence-corrected chi connectivity index (χ4v) is 4.15. The zero-order valence-corrected chi connectivity index (χ0v) is 14.8. The molecule has 1 aliphatic carbocycles. The minimum Gasteiger partial charge on any atom is -0.312 e. The number of nitrogens with one attached hydrogen (secondary N) is 1. The molecule has 2 aliphatic rings. The summed E-state index contributed by atoms with van der Waals surface area (Å²) >= 11 is 0. The van der Waals surface area contributed by atoms with Gasteiger partial charge in [-0.15, -0.1) is 0 Å². The van der Waals surface area contributed by atoms with E-state index in [1.165, 1.54) is 64.8 Å². The molecule has 2 rings (SSSR count). The molecule has 0 spiro atoms. The second-order valence-corrected chi connectivity index (χ2v) is 7.64. The summed E-state index contributed by atoms with van der Waals surface area (Å²) in [6, 6.07) is 1.49. The molecule has 0 aromatic carbocycles. The van der Waals surface area contributed by atoms with E-state index < -0.39 is 0 Å². The van der Waals surface area contributed by atoms with Crippen molar-refractivity contribution >= 4 is 0 Å². The van der Waals surface area contributed by atoms with Gasteiger partial charge in [0.25, 0.3) is 0 Å². The van der Waals surface area contributed by atoms with Gasteiger partial charge in [0.05, 0.1) is 0 Å². The lowest BCUT2D eigenvalue weighted by atomic mass is 9.76. The fourth-order valence-electron chi connectivity index (χ4n) is 4.15. The van der Waals surface area contributed by atoms with E-state index in [9.17, 15) is 0 Å². The van der Waals surface area contributed by atoms with Crippen molar-refractivity contribution in [1.29, 1.82) is 0 Å². The minimum atomic E-state index is 0.725. The molecule has 124 valence electrons. The second-order valence-electron chi connectivity index (χ2n) is 7.64. The van der Waals surface area contributed by atoms with E-state index in [1.807, 2.05) is 0 Å². The molecule has 1 aliphatic heterocycles. The van der Waals surface area contributed by atoms with Crippen LogP contribution in [0.5, 0.6) is 0 Å². The maximum Gasteiger partial charge on any atom is 0.0252 e. The molecule has 1 heterocycles. The maximum absolute atomic E-state index is 3.85. The first-order chi connectivity index (χ1) is 10.1. The molecule has 0 aromatic rings. The van der Waals surface area contributed by atoms with E-state index in [1.54, 1.807) is 0 Å². The lowest BCUT2D eigenvalue weighted by Crippen LogP contribution is -2.54. The summed E-state index contributed by atoms with van der Waals surface area (Å²) in [7, 11) is 2.27. The summed E-state index contributed by atoms with van der Waals surface area (Å²) in [6.07, 6.45) is 6.78. The van der Waals surface area contributed by atoms with Gasteiger partial charge in [0.2, 0.25) is 0 Å². The van der Waals surface area contributed by atoms with Crippen LogP contribution in [0.2, 0.25) is 0 Å². The molecule has 0 aromatic heterocycles. The summed E-state index contributed by atoms with van der Waals surface area (Å²) in [5, 5.41) is 3.85. The number of likely N-dealkylation sites (N-methyl/N-ethyl adjacent to an activating group) is 1. The summed E-state index contributed by atoms with van der Waals surface area (Å²) in [5.74, 6) is 1.77. The third-order valence-corrected chi connectivity index (χ3v) is 5.68. The predicted octanol–water partition coefficient (Wildman–Crippen LogP) is 2.82. The van der Waals surface area contributed by atoms with Gasteiger partial charge >= 0.3 is 0 Å². The highest BCUT2D eigenvalue weighted by molar-refractivity contribution is 4.92. The smallest absolute Gasteiger partial charge is 0.0252 e. The van der Waals surface area contributed by atoms with Crippen molar-refractivity contribution in [2.45, 2.75) is 65.0 Å². The summed E-state index contributed by atoms with van der Waals surface area (Å²) in [4.78, 5) is 5.31. The van der Waals surface area contributed by atoms with Crippen LogP contribution in [-0.4, -0.2) is 61.7 Å². The van der Waals surface area contributed by atoms with E-state index in [2.05, 4.69) is 42.9 Å². The van der Waals surface area contributed by atoms with Gasteiger partial charge < -0.3 is 10.2 Å². The van der Waals surface area contributed by atoms with E-state index in [0.717, 1.165) is 23.9 Å². The van der Waals surface area contributed by atoms with Crippen LogP contribution in [0.25, 0.3) is 0 Å². The molecule has 1 saturated heterocycles. The largest absolute Gasteiger partial charge is 0.312 e. The number of hydrogen-bond donors (Lipinski definition) is 1. The van der Waals surface area contributed by atoms with Gasteiger partial charge in [-0.2, -0.15) is 0 Å². The van der Waals surface area contributed by atoms with Gasteiger partial charge in [-0.1, -0.05) is 20.8 Å². The van der Waals surface area contributed by atoms with Crippen LogP contribution in [0.4, 0.5) is 0 Å². The minimum absolute atomic E-state index is 0.725. The molecule has 0 bridgehead atoms. The molecular formula is C18H37N3. The van der Waals surface area contributed by atoms with Crippen molar-refractivity contribution in [3.63, 3.8) is 0 Å². The van der Waals surface area contributed by atoms with Crippen molar-refractivity contribution in [3.05, 3.63) is 0 Å². The first-order valence-electron chi connectivity index (χ1n) is 9.27. The Morgan fingerprint density at radius 2 is 1.90 bits per heavy atom. The molecule has 3 heteroatoms. The average Bonchev–Trinajstić information content (AvgIpc) is 2.69. The van der Waals surface area contributed by atoms with Crippen LogP contribution in [0.15, 0.2) is 0 Å². The monoisotopic (exact) mass is 295 g/mol. The van der Waals surface area contributed by atoms with Crippen molar-refractivity contribution < 1.29 is 0 Å². The van der Waals surface area contributed by atoms with E-state index in [-0.39, 0.29) is 0 Å². The first kappa shape index (κ1) is 17.2. The van der Waals surface area contributed by atoms with Crippen LogP contribution in [0.3, 0.4) is 0 Å². The number of rotatable bonds is 5. The van der Waals surface area contributed by atoms with Crippen molar-refractivity contribution in [2.75, 3.05) is 39.8 Å². The van der Waals surface area contributed by atoms with E-state index in [4.69, 9.17) is 0 Å². The van der Waals surface area contributed by atoms with Crippen LogP contribution in [0.1, 0.15) is 52.9 Å². The zero-order valence-electron chi connectivity index (χ0n) is 14.8. The Morgan fingerprint density at radius 1 is 1.10 bits per heavy atom. The Balaban J connectivity index is 2.00.